The van der Waals surface area contributed by atoms with Crippen molar-refractivity contribution < 1.29 is 9.53 Å². The summed E-state index contributed by atoms with van der Waals surface area (Å²) in [6.45, 7) is 1.42. The minimum atomic E-state index is 0.0165. The predicted molar refractivity (Wildman–Crippen MR) is 67.1 cm³/mol. The van der Waals surface area contributed by atoms with Crippen molar-refractivity contribution in [1.82, 2.24) is 5.32 Å². The summed E-state index contributed by atoms with van der Waals surface area (Å²) in [5.74, 6) is 0.0165. The minimum absolute atomic E-state index is 0.0165. The second-order valence-corrected chi connectivity index (χ2v) is 4.68. The lowest BCUT2D eigenvalue weighted by Crippen LogP contribution is -2.32. The summed E-state index contributed by atoms with van der Waals surface area (Å²) in [6, 6.07) is 7.37. The maximum atomic E-state index is 11.7. The SMILES string of the molecule is O=C(Cc1cccc(Cl)c1)NCC1CCCO1. The Hall–Kier alpha value is -1.06. The third-order valence-corrected chi connectivity index (χ3v) is 3.04. The fourth-order valence-corrected chi connectivity index (χ4v) is 2.14. The van der Waals surface area contributed by atoms with Crippen LogP contribution in [0, 0.1) is 0 Å². The Morgan fingerprint density at radius 3 is 3.12 bits per heavy atom. The van der Waals surface area contributed by atoms with Crippen LogP contribution in [0.3, 0.4) is 0 Å². The molecule has 17 heavy (non-hydrogen) atoms. The third kappa shape index (κ3) is 4.02. The van der Waals surface area contributed by atoms with Crippen molar-refractivity contribution in [2.24, 2.45) is 0 Å². The molecule has 1 aliphatic heterocycles. The number of hydrogen-bond donors (Lipinski definition) is 1. The molecular weight excluding hydrogens is 238 g/mol. The summed E-state index contributed by atoms with van der Waals surface area (Å²) < 4.78 is 5.44. The first-order valence-electron chi connectivity index (χ1n) is 5.87. The third-order valence-electron chi connectivity index (χ3n) is 2.80. The molecule has 0 spiro atoms. The highest BCUT2D eigenvalue weighted by Crippen LogP contribution is 2.12. The minimum Gasteiger partial charge on any atom is -0.376 e. The van der Waals surface area contributed by atoms with Gasteiger partial charge in [-0.1, -0.05) is 23.7 Å². The molecule has 1 atom stereocenters. The van der Waals surface area contributed by atoms with Gasteiger partial charge in [0.25, 0.3) is 0 Å². The van der Waals surface area contributed by atoms with Crippen LogP contribution in [0.25, 0.3) is 0 Å². The number of amides is 1. The van der Waals surface area contributed by atoms with Crippen molar-refractivity contribution in [1.29, 1.82) is 0 Å². The van der Waals surface area contributed by atoms with Crippen LogP contribution >= 0.6 is 11.6 Å². The van der Waals surface area contributed by atoms with Crippen molar-refractivity contribution in [3.63, 3.8) is 0 Å². The number of ether oxygens (including phenoxy) is 1. The van der Waals surface area contributed by atoms with Crippen LogP contribution < -0.4 is 5.32 Å². The molecule has 0 saturated carbocycles. The molecule has 0 aromatic heterocycles. The lowest BCUT2D eigenvalue weighted by molar-refractivity contribution is -0.120. The molecular formula is C13H16ClNO2. The van der Waals surface area contributed by atoms with E-state index in [1.54, 1.807) is 6.07 Å². The van der Waals surface area contributed by atoms with Crippen molar-refractivity contribution in [3.8, 4) is 0 Å². The van der Waals surface area contributed by atoms with E-state index in [-0.39, 0.29) is 12.0 Å². The number of halogens is 1. The van der Waals surface area contributed by atoms with Gasteiger partial charge in [-0.2, -0.15) is 0 Å². The van der Waals surface area contributed by atoms with Crippen molar-refractivity contribution in [2.45, 2.75) is 25.4 Å². The Morgan fingerprint density at radius 2 is 2.41 bits per heavy atom. The molecule has 1 saturated heterocycles. The number of carbonyl (C=O) groups is 1. The molecule has 2 rings (SSSR count). The van der Waals surface area contributed by atoms with Gasteiger partial charge in [-0.05, 0) is 30.5 Å². The number of rotatable bonds is 4. The first-order valence-corrected chi connectivity index (χ1v) is 6.24. The topological polar surface area (TPSA) is 38.3 Å². The second kappa shape index (κ2) is 6.03. The Morgan fingerprint density at radius 1 is 1.53 bits per heavy atom. The van der Waals surface area contributed by atoms with E-state index in [0.717, 1.165) is 25.0 Å². The van der Waals surface area contributed by atoms with Gasteiger partial charge in [0.15, 0.2) is 0 Å². The molecule has 1 N–H and O–H groups in total. The molecule has 0 aliphatic carbocycles. The Bertz CT molecular complexity index is 389. The van der Waals surface area contributed by atoms with Gasteiger partial charge < -0.3 is 10.1 Å². The molecule has 1 heterocycles. The largest absolute Gasteiger partial charge is 0.376 e. The standard InChI is InChI=1S/C13H16ClNO2/c14-11-4-1-3-10(7-11)8-13(16)15-9-12-5-2-6-17-12/h1,3-4,7,12H,2,5-6,8-9H2,(H,15,16). The van der Waals surface area contributed by atoms with E-state index in [4.69, 9.17) is 16.3 Å². The molecule has 4 heteroatoms. The molecule has 1 unspecified atom stereocenters. The number of carbonyl (C=O) groups excluding carboxylic acids is 1. The maximum Gasteiger partial charge on any atom is 0.224 e. The smallest absolute Gasteiger partial charge is 0.224 e. The van der Waals surface area contributed by atoms with E-state index in [2.05, 4.69) is 5.32 Å². The van der Waals surface area contributed by atoms with E-state index in [9.17, 15) is 4.79 Å². The first-order chi connectivity index (χ1) is 8.24. The molecule has 0 radical (unpaired) electrons. The van der Waals surface area contributed by atoms with Gasteiger partial charge in [0.1, 0.15) is 0 Å². The predicted octanol–water partition coefficient (Wildman–Crippen LogP) is 2.18. The van der Waals surface area contributed by atoms with E-state index in [1.165, 1.54) is 0 Å². The van der Waals surface area contributed by atoms with Crippen LogP contribution in [0.5, 0.6) is 0 Å². The van der Waals surface area contributed by atoms with Crippen LogP contribution in [0.15, 0.2) is 24.3 Å². The van der Waals surface area contributed by atoms with Crippen molar-refractivity contribution in [2.75, 3.05) is 13.2 Å². The molecule has 1 aromatic carbocycles. The summed E-state index contributed by atoms with van der Waals surface area (Å²) in [5, 5.41) is 3.55. The van der Waals surface area contributed by atoms with Gasteiger partial charge in [-0.3, -0.25) is 4.79 Å². The summed E-state index contributed by atoms with van der Waals surface area (Å²) in [7, 11) is 0. The zero-order valence-corrected chi connectivity index (χ0v) is 10.4. The van der Waals surface area contributed by atoms with E-state index in [1.807, 2.05) is 18.2 Å². The van der Waals surface area contributed by atoms with Crippen molar-refractivity contribution >= 4 is 17.5 Å². The van der Waals surface area contributed by atoms with Gasteiger partial charge in [-0.15, -0.1) is 0 Å². The number of hydrogen-bond acceptors (Lipinski definition) is 2. The van der Waals surface area contributed by atoms with Crippen LogP contribution in [0.1, 0.15) is 18.4 Å². The lowest BCUT2D eigenvalue weighted by Gasteiger charge is -2.10. The van der Waals surface area contributed by atoms with E-state index < -0.39 is 0 Å². The quantitative estimate of drug-likeness (QED) is 0.893. The maximum absolute atomic E-state index is 11.7. The van der Waals surface area contributed by atoms with Crippen LogP contribution in [-0.2, 0) is 16.0 Å². The highest BCUT2D eigenvalue weighted by molar-refractivity contribution is 6.30. The van der Waals surface area contributed by atoms with Gasteiger partial charge in [0.05, 0.1) is 12.5 Å². The normalized spacial score (nSPS) is 19.2. The molecule has 1 fully saturated rings. The van der Waals surface area contributed by atoms with E-state index >= 15 is 0 Å². The zero-order chi connectivity index (χ0) is 12.1. The summed E-state index contributed by atoms with van der Waals surface area (Å²) in [4.78, 5) is 11.7. The Balaban J connectivity index is 1.76. The molecule has 1 aliphatic rings. The van der Waals surface area contributed by atoms with E-state index in [0.29, 0.717) is 18.0 Å². The average molecular weight is 254 g/mol. The molecule has 92 valence electrons. The number of nitrogens with one attached hydrogen (secondary N) is 1. The molecule has 1 amide bonds. The zero-order valence-electron chi connectivity index (χ0n) is 9.62. The Kier molecular flexibility index (Phi) is 4.40. The molecule has 3 nitrogen and oxygen atoms in total. The summed E-state index contributed by atoms with van der Waals surface area (Å²) >= 11 is 5.86. The summed E-state index contributed by atoms with van der Waals surface area (Å²) in [5.41, 5.74) is 0.933. The highest BCUT2D eigenvalue weighted by atomic mass is 35.5. The second-order valence-electron chi connectivity index (χ2n) is 4.25. The van der Waals surface area contributed by atoms with Crippen LogP contribution in [0.4, 0.5) is 0 Å². The monoisotopic (exact) mass is 253 g/mol. The van der Waals surface area contributed by atoms with Gasteiger partial charge in [0.2, 0.25) is 5.91 Å². The van der Waals surface area contributed by atoms with Gasteiger partial charge in [0, 0.05) is 18.2 Å². The fourth-order valence-electron chi connectivity index (χ4n) is 1.93. The lowest BCUT2D eigenvalue weighted by atomic mass is 10.1. The van der Waals surface area contributed by atoms with Gasteiger partial charge in [-0.25, -0.2) is 0 Å². The van der Waals surface area contributed by atoms with Gasteiger partial charge >= 0.3 is 0 Å². The number of benzene rings is 1. The molecule has 0 bridgehead atoms. The Labute approximate surface area is 106 Å². The fraction of sp³-hybridized carbons (Fsp3) is 0.462. The van der Waals surface area contributed by atoms with Crippen molar-refractivity contribution in [3.05, 3.63) is 34.9 Å². The average Bonchev–Trinajstić information content (AvgIpc) is 2.79. The highest BCUT2D eigenvalue weighted by Gasteiger charge is 2.16. The summed E-state index contributed by atoms with van der Waals surface area (Å²) in [6.07, 6.45) is 2.69. The molecule has 1 aromatic rings. The van der Waals surface area contributed by atoms with Crippen LogP contribution in [0.2, 0.25) is 5.02 Å². The van der Waals surface area contributed by atoms with Crippen LogP contribution in [-0.4, -0.2) is 25.2 Å². The first kappa shape index (κ1) is 12.4.